The van der Waals surface area contributed by atoms with Crippen LogP contribution in [0.15, 0.2) is 48.5 Å². The minimum Gasteiger partial charge on any atom is -0.399 e. The molecule has 0 fully saturated rings. The van der Waals surface area contributed by atoms with E-state index < -0.39 is 0 Å². The Balaban J connectivity index is 2.33. The highest BCUT2D eigenvalue weighted by atomic mass is 35.5. The van der Waals surface area contributed by atoms with E-state index in [1.807, 2.05) is 48.5 Å². The zero-order valence-electron chi connectivity index (χ0n) is 9.44. The van der Waals surface area contributed by atoms with Crippen LogP contribution in [0.2, 0.25) is 5.02 Å². The molecule has 0 bridgehead atoms. The predicted octanol–water partition coefficient (Wildman–Crippen LogP) is 3.01. The van der Waals surface area contributed by atoms with Gasteiger partial charge >= 0.3 is 0 Å². The third-order valence-electron chi connectivity index (χ3n) is 2.85. The Kier molecular flexibility index (Phi) is 3.67. The third kappa shape index (κ3) is 2.78. The van der Waals surface area contributed by atoms with Crippen molar-refractivity contribution in [2.45, 2.75) is 5.92 Å². The summed E-state index contributed by atoms with van der Waals surface area (Å²) in [6.45, 7) is 0.561. The number of hydrogen-bond donors (Lipinski definition) is 2. The van der Waals surface area contributed by atoms with Crippen LogP contribution in [0.3, 0.4) is 0 Å². The van der Waals surface area contributed by atoms with E-state index >= 15 is 0 Å². The quantitative estimate of drug-likeness (QED) is 0.818. The monoisotopic (exact) mass is 246 g/mol. The summed E-state index contributed by atoms with van der Waals surface area (Å²) in [4.78, 5) is 0. The molecular weight excluding hydrogens is 232 g/mol. The van der Waals surface area contributed by atoms with Gasteiger partial charge in [-0.05, 0) is 35.4 Å². The highest BCUT2D eigenvalue weighted by molar-refractivity contribution is 6.30. The molecule has 0 aliphatic rings. The lowest BCUT2D eigenvalue weighted by molar-refractivity contribution is 0.819. The zero-order valence-corrected chi connectivity index (χ0v) is 10.2. The van der Waals surface area contributed by atoms with Gasteiger partial charge in [-0.3, -0.25) is 0 Å². The molecule has 0 aliphatic heterocycles. The van der Waals surface area contributed by atoms with Gasteiger partial charge in [-0.15, -0.1) is 0 Å². The number of halogens is 1. The Morgan fingerprint density at radius 1 is 0.882 bits per heavy atom. The lowest BCUT2D eigenvalue weighted by Gasteiger charge is -2.16. The lowest BCUT2D eigenvalue weighted by Crippen LogP contribution is -2.13. The zero-order chi connectivity index (χ0) is 12.3. The molecule has 4 N–H and O–H groups in total. The molecule has 2 nitrogen and oxygen atoms in total. The van der Waals surface area contributed by atoms with Crippen molar-refractivity contribution in [2.75, 3.05) is 12.3 Å². The molecule has 0 saturated carbocycles. The number of hydrogen-bond acceptors (Lipinski definition) is 2. The van der Waals surface area contributed by atoms with Gasteiger partial charge < -0.3 is 11.5 Å². The maximum absolute atomic E-state index is 5.88. The van der Waals surface area contributed by atoms with Crippen molar-refractivity contribution in [1.82, 2.24) is 0 Å². The van der Waals surface area contributed by atoms with E-state index in [9.17, 15) is 0 Å². The Morgan fingerprint density at radius 2 is 1.35 bits per heavy atom. The number of anilines is 1. The van der Waals surface area contributed by atoms with Gasteiger partial charge in [0.2, 0.25) is 0 Å². The second-order valence-electron chi connectivity index (χ2n) is 4.01. The molecular formula is C14H15ClN2. The second kappa shape index (κ2) is 5.21. The number of nitrogen functional groups attached to an aromatic ring is 1. The molecule has 0 saturated heterocycles. The molecule has 0 aliphatic carbocycles. The molecule has 2 aromatic carbocycles. The SMILES string of the molecule is NCC(c1ccc(N)cc1)c1ccc(Cl)cc1. The molecule has 2 rings (SSSR count). The molecule has 17 heavy (non-hydrogen) atoms. The summed E-state index contributed by atoms with van der Waals surface area (Å²) in [7, 11) is 0. The fraction of sp³-hybridized carbons (Fsp3) is 0.143. The Labute approximate surface area is 106 Å². The highest BCUT2D eigenvalue weighted by Crippen LogP contribution is 2.25. The molecule has 1 atom stereocenters. The summed E-state index contributed by atoms with van der Waals surface area (Å²) in [5.41, 5.74) is 14.6. The van der Waals surface area contributed by atoms with E-state index in [-0.39, 0.29) is 5.92 Å². The predicted molar refractivity (Wildman–Crippen MR) is 73.2 cm³/mol. The maximum atomic E-state index is 5.88. The van der Waals surface area contributed by atoms with Gasteiger partial charge in [-0.1, -0.05) is 35.9 Å². The average Bonchev–Trinajstić information content (AvgIpc) is 2.35. The Hall–Kier alpha value is -1.51. The first-order valence-corrected chi connectivity index (χ1v) is 5.89. The third-order valence-corrected chi connectivity index (χ3v) is 3.10. The molecule has 0 heterocycles. The number of benzene rings is 2. The molecule has 3 heteroatoms. The van der Waals surface area contributed by atoms with Crippen LogP contribution in [-0.2, 0) is 0 Å². The van der Waals surface area contributed by atoms with E-state index in [1.165, 1.54) is 11.1 Å². The van der Waals surface area contributed by atoms with Crippen molar-refractivity contribution in [3.05, 3.63) is 64.7 Å². The van der Waals surface area contributed by atoms with Gasteiger partial charge in [-0.2, -0.15) is 0 Å². The van der Waals surface area contributed by atoms with Gasteiger partial charge in [0.1, 0.15) is 0 Å². The first-order valence-electron chi connectivity index (χ1n) is 5.51. The summed E-state index contributed by atoms with van der Waals surface area (Å²) in [6, 6.07) is 15.6. The molecule has 0 spiro atoms. The summed E-state index contributed by atoms with van der Waals surface area (Å²) in [6.07, 6.45) is 0. The van der Waals surface area contributed by atoms with Crippen LogP contribution in [0.25, 0.3) is 0 Å². The molecule has 0 radical (unpaired) electrons. The molecule has 2 aromatic rings. The van der Waals surface area contributed by atoms with Crippen molar-refractivity contribution in [1.29, 1.82) is 0 Å². The van der Waals surface area contributed by atoms with Gasteiger partial charge in [0.25, 0.3) is 0 Å². The highest BCUT2D eigenvalue weighted by Gasteiger charge is 2.11. The fourth-order valence-corrected chi connectivity index (χ4v) is 2.01. The largest absolute Gasteiger partial charge is 0.399 e. The first kappa shape index (κ1) is 12.0. The lowest BCUT2D eigenvalue weighted by atomic mass is 9.91. The fourth-order valence-electron chi connectivity index (χ4n) is 1.89. The van der Waals surface area contributed by atoms with Gasteiger partial charge in [0.05, 0.1) is 0 Å². The van der Waals surface area contributed by atoms with Crippen molar-refractivity contribution in [2.24, 2.45) is 5.73 Å². The standard InChI is InChI=1S/C14H15ClN2/c15-12-5-1-10(2-6-12)14(9-16)11-3-7-13(17)8-4-11/h1-8,14H,9,16-17H2. The van der Waals surface area contributed by atoms with Crippen molar-refractivity contribution in [3.63, 3.8) is 0 Å². The van der Waals surface area contributed by atoms with E-state index in [1.54, 1.807) is 0 Å². The van der Waals surface area contributed by atoms with Crippen molar-refractivity contribution >= 4 is 17.3 Å². The molecule has 88 valence electrons. The summed E-state index contributed by atoms with van der Waals surface area (Å²) in [5, 5.41) is 0.738. The summed E-state index contributed by atoms with van der Waals surface area (Å²) in [5.74, 6) is 0.188. The molecule has 1 unspecified atom stereocenters. The minimum absolute atomic E-state index is 0.188. The van der Waals surface area contributed by atoms with Crippen LogP contribution in [0.1, 0.15) is 17.0 Å². The number of nitrogens with two attached hydrogens (primary N) is 2. The minimum atomic E-state index is 0.188. The van der Waals surface area contributed by atoms with Crippen molar-refractivity contribution in [3.8, 4) is 0 Å². The van der Waals surface area contributed by atoms with Gasteiger partial charge in [0, 0.05) is 23.2 Å². The topological polar surface area (TPSA) is 52.0 Å². The maximum Gasteiger partial charge on any atom is 0.0406 e. The summed E-state index contributed by atoms with van der Waals surface area (Å²) < 4.78 is 0. The first-order chi connectivity index (χ1) is 8.20. The van der Waals surface area contributed by atoms with Crippen molar-refractivity contribution < 1.29 is 0 Å². The van der Waals surface area contributed by atoms with Crippen LogP contribution >= 0.6 is 11.6 Å². The number of rotatable bonds is 3. The molecule has 0 aromatic heterocycles. The van der Waals surface area contributed by atoms with Gasteiger partial charge in [0.15, 0.2) is 0 Å². The van der Waals surface area contributed by atoms with Crippen LogP contribution < -0.4 is 11.5 Å². The van der Waals surface area contributed by atoms with E-state index in [4.69, 9.17) is 23.1 Å². The van der Waals surface area contributed by atoms with Crippen LogP contribution in [0, 0.1) is 0 Å². The molecule has 0 amide bonds. The Bertz CT molecular complexity index is 431. The second-order valence-corrected chi connectivity index (χ2v) is 4.44. The smallest absolute Gasteiger partial charge is 0.0406 e. The van der Waals surface area contributed by atoms with E-state index in [0.717, 1.165) is 10.7 Å². The average molecular weight is 247 g/mol. The van der Waals surface area contributed by atoms with E-state index in [0.29, 0.717) is 6.54 Å². The van der Waals surface area contributed by atoms with Crippen LogP contribution in [-0.4, -0.2) is 6.54 Å². The Morgan fingerprint density at radius 3 is 1.82 bits per heavy atom. The van der Waals surface area contributed by atoms with Crippen LogP contribution in [0.4, 0.5) is 5.69 Å². The van der Waals surface area contributed by atoms with E-state index in [2.05, 4.69) is 0 Å². The van der Waals surface area contributed by atoms with Crippen LogP contribution in [0.5, 0.6) is 0 Å². The normalized spacial score (nSPS) is 12.4. The van der Waals surface area contributed by atoms with Gasteiger partial charge in [-0.25, -0.2) is 0 Å². The summed E-state index contributed by atoms with van der Waals surface area (Å²) >= 11 is 5.88.